The third-order valence-corrected chi connectivity index (χ3v) is 4.12. The van der Waals surface area contributed by atoms with Gasteiger partial charge in [-0.2, -0.15) is 0 Å². The molecule has 0 aliphatic carbocycles. The van der Waals surface area contributed by atoms with E-state index in [1.54, 1.807) is 13.0 Å². The van der Waals surface area contributed by atoms with Crippen molar-refractivity contribution in [1.82, 2.24) is 0 Å². The summed E-state index contributed by atoms with van der Waals surface area (Å²) in [4.78, 5) is -0.156. The Morgan fingerprint density at radius 3 is 2.50 bits per heavy atom. The molecule has 0 aliphatic rings. The number of aryl methyl sites for hydroxylation is 1. The fraction of sp³-hybridized carbons (Fsp3) is 0.0769. The highest BCUT2D eigenvalue weighted by atomic mass is 32.2. The van der Waals surface area contributed by atoms with Crippen molar-refractivity contribution < 1.29 is 17.9 Å². The fourth-order valence-corrected chi connectivity index (χ4v) is 2.66. The van der Waals surface area contributed by atoms with Crippen molar-refractivity contribution in [2.24, 2.45) is 0 Å². The normalized spacial score (nSPS) is 11.3. The van der Waals surface area contributed by atoms with Crippen molar-refractivity contribution in [2.45, 2.75) is 11.8 Å². The molecule has 0 aliphatic heterocycles. The first-order valence-corrected chi connectivity index (χ1v) is 7.15. The zero-order valence-corrected chi connectivity index (χ0v) is 11.4. The lowest BCUT2D eigenvalue weighted by Crippen LogP contribution is -2.13. The third-order valence-electron chi connectivity index (χ3n) is 2.74. The number of nitrogen functional groups attached to an aromatic ring is 1. The van der Waals surface area contributed by atoms with E-state index in [1.807, 2.05) is 0 Å². The van der Waals surface area contributed by atoms with E-state index >= 15 is 0 Å². The molecule has 106 valence electrons. The van der Waals surface area contributed by atoms with E-state index in [-0.39, 0.29) is 22.0 Å². The number of benzene rings is 2. The molecule has 0 radical (unpaired) electrons. The molecule has 0 bridgehead atoms. The number of sulfonamides is 1. The van der Waals surface area contributed by atoms with Crippen LogP contribution in [0, 0.1) is 12.7 Å². The van der Waals surface area contributed by atoms with Gasteiger partial charge in [-0.05, 0) is 36.8 Å². The second-order valence-corrected chi connectivity index (χ2v) is 5.97. The summed E-state index contributed by atoms with van der Waals surface area (Å²) in [5, 5.41) is 9.54. The van der Waals surface area contributed by atoms with E-state index in [1.165, 1.54) is 12.1 Å². The van der Waals surface area contributed by atoms with Gasteiger partial charge in [-0.25, -0.2) is 12.8 Å². The van der Waals surface area contributed by atoms with Crippen molar-refractivity contribution in [1.29, 1.82) is 0 Å². The van der Waals surface area contributed by atoms with E-state index in [4.69, 9.17) is 5.73 Å². The maximum absolute atomic E-state index is 13.0. The minimum atomic E-state index is -3.89. The van der Waals surface area contributed by atoms with Crippen LogP contribution in [0.25, 0.3) is 0 Å². The first-order chi connectivity index (χ1) is 9.29. The number of rotatable bonds is 3. The number of anilines is 2. The molecule has 0 saturated carbocycles. The molecule has 0 saturated heterocycles. The van der Waals surface area contributed by atoms with Crippen LogP contribution in [0.2, 0.25) is 0 Å². The zero-order chi connectivity index (χ0) is 14.9. The van der Waals surface area contributed by atoms with Gasteiger partial charge in [0.1, 0.15) is 11.6 Å². The molecule has 0 spiro atoms. The summed E-state index contributed by atoms with van der Waals surface area (Å²) < 4.78 is 39.5. The molecule has 7 heteroatoms. The number of phenols is 1. The quantitative estimate of drug-likeness (QED) is 0.757. The number of phenolic OH excluding ortho intramolecular Hbond substituents is 1. The van der Waals surface area contributed by atoms with Crippen molar-refractivity contribution >= 4 is 21.4 Å². The fourth-order valence-electron chi connectivity index (χ4n) is 1.58. The molecule has 4 N–H and O–H groups in total. The SMILES string of the molecule is Cc1ccc(NS(=O)(=O)c2ccc(F)c(N)c2)cc1O. The molecule has 2 aromatic rings. The van der Waals surface area contributed by atoms with E-state index < -0.39 is 15.8 Å². The van der Waals surface area contributed by atoms with Gasteiger partial charge in [-0.15, -0.1) is 0 Å². The molecule has 0 amide bonds. The summed E-state index contributed by atoms with van der Waals surface area (Å²) in [6.07, 6.45) is 0. The topological polar surface area (TPSA) is 92.4 Å². The lowest BCUT2D eigenvalue weighted by Gasteiger charge is -2.10. The highest BCUT2D eigenvalue weighted by Gasteiger charge is 2.16. The van der Waals surface area contributed by atoms with Crippen molar-refractivity contribution in [3.05, 3.63) is 47.8 Å². The van der Waals surface area contributed by atoms with Gasteiger partial charge < -0.3 is 10.8 Å². The van der Waals surface area contributed by atoms with Crippen LogP contribution in [0.4, 0.5) is 15.8 Å². The van der Waals surface area contributed by atoms with Gasteiger partial charge >= 0.3 is 0 Å². The van der Waals surface area contributed by atoms with Crippen LogP contribution < -0.4 is 10.5 Å². The highest BCUT2D eigenvalue weighted by molar-refractivity contribution is 7.92. The van der Waals surface area contributed by atoms with Gasteiger partial charge in [-0.1, -0.05) is 6.07 Å². The largest absolute Gasteiger partial charge is 0.508 e. The van der Waals surface area contributed by atoms with E-state index in [0.29, 0.717) is 5.56 Å². The molecule has 5 nitrogen and oxygen atoms in total. The minimum absolute atomic E-state index is 0.0242. The lowest BCUT2D eigenvalue weighted by molar-refractivity contribution is 0.471. The molecule has 0 heterocycles. The number of nitrogens with one attached hydrogen (secondary N) is 1. The average molecular weight is 296 g/mol. The van der Waals surface area contributed by atoms with Crippen LogP contribution in [0.15, 0.2) is 41.3 Å². The average Bonchev–Trinajstić information content (AvgIpc) is 2.37. The van der Waals surface area contributed by atoms with Crippen LogP contribution in [0.3, 0.4) is 0 Å². The Balaban J connectivity index is 2.35. The van der Waals surface area contributed by atoms with E-state index in [2.05, 4.69) is 4.72 Å². The number of hydrogen-bond donors (Lipinski definition) is 3. The second kappa shape index (κ2) is 5.01. The molecule has 2 aromatic carbocycles. The summed E-state index contributed by atoms with van der Waals surface area (Å²) in [6, 6.07) is 7.51. The second-order valence-electron chi connectivity index (χ2n) is 4.29. The lowest BCUT2D eigenvalue weighted by atomic mass is 10.2. The maximum Gasteiger partial charge on any atom is 0.261 e. The first kappa shape index (κ1) is 14.1. The highest BCUT2D eigenvalue weighted by Crippen LogP contribution is 2.24. The number of halogens is 1. The van der Waals surface area contributed by atoms with Gasteiger partial charge in [0, 0.05) is 6.07 Å². The van der Waals surface area contributed by atoms with Crippen LogP contribution in [0.1, 0.15) is 5.56 Å². The van der Waals surface area contributed by atoms with Crippen LogP contribution in [-0.4, -0.2) is 13.5 Å². The molecule has 0 aromatic heterocycles. The number of nitrogens with two attached hydrogens (primary N) is 1. The van der Waals surface area contributed by atoms with E-state index in [0.717, 1.165) is 18.2 Å². The Kier molecular flexibility index (Phi) is 3.54. The summed E-state index contributed by atoms with van der Waals surface area (Å²) in [6.45, 7) is 1.69. The summed E-state index contributed by atoms with van der Waals surface area (Å²) in [7, 11) is -3.89. The summed E-state index contributed by atoms with van der Waals surface area (Å²) in [5.74, 6) is -0.708. The standard InChI is InChI=1S/C13H13FN2O3S/c1-8-2-3-9(6-13(8)17)16-20(18,19)10-4-5-11(14)12(15)7-10/h2-7,16-17H,15H2,1H3. The Labute approximate surface area is 115 Å². The Morgan fingerprint density at radius 1 is 1.20 bits per heavy atom. The summed E-state index contributed by atoms with van der Waals surface area (Å²) in [5.41, 5.74) is 5.93. The number of aromatic hydroxyl groups is 1. The molecule has 2 rings (SSSR count). The Morgan fingerprint density at radius 2 is 1.90 bits per heavy atom. The Bertz CT molecular complexity index is 760. The predicted molar refractivity (Wildman–Crippen MR) is 74.5 cm³/mol. The predicted octanol–water partition coefficient (Wildman–Crippen LogP) is 2.22. The molecule has 20 heavy (non-hydrogen) atoms. The maximum atomic E-state index is 13.0. The minimum Gasteiger partial charge on any atom is -0.508 e. The Hall–Kier alpha value is -2.28. The number of hydrogen-bond acceptors (Lipinski definition) is 4. The van der Waals surface area contributed by atoms with Crippen molar-refractivity contribution in [3.8, 4) is 5.75 Å². The molecule has 0 unspecified atom stereocenters. The summed E-state index contributed by atoms with van der Waals surface area (Å²) >= 11 is 0. The van der Waals surface area contributed by atoms with Crippen molar-refractivity contribution in [2.75, 3.05) is 10.5 Å². The zero-order valence-electron chi connectivity index (χ0n) is 10.6. The molecular weight excluding hydrogens is 283 g/mol. The van der Waals surface area contributed by atoms with Gasteiger partial charge in [0.15, 0.2) is 0 Å². The molecule has 0 fully saturated rings. The van der Waals surface area contributed by atoms with Gasteiger partial charge in [0.25, 0.3) is 10.0 Å². The van der Waals surface area contributed by atoms with Crippen LogP contribution in [0.5, 0.6) is 5.75 Å². The molecular formula is C13H13FN2O3S. The molecule has 0 atom stereocenters. The van der Waals surface area contributed by atoms with Crippen LogP contribution in [-0.2, 0) is 10.0 Å². The van der Waals surface area contributed by atoms with Crippen LogP contribution >= 0.6 is 0 Å². The van der Waals surface area contributed by atoms with Gasteiger partial charge in [0.05, 0.1) is 16.3 Å². The third kappa shape index (κ3) is 2.83. The van der Waals surface area contributed by atoms with Gasteiger partial charge in [0.2, 0.25) is 0 Å². The van der Waals surface area contributed by atoms with Gasteiger partial charge in [-0.3, -0.25) is 4.72 Å². The monoisotopic (exact) mass is 296 g/mol. The smallest absolute Gasteiger partial charge is 0.261 e. The van der Waals surface area contributed by atoms with Crippen molar-refractivity contribution in [3.63, 3.8) is 0 Å². The van der Waals surface area contributed by atoms with E-state index in [9.17, 15) is 17.9 Å². The first-order valence-electron chi connectivity index (χ1n) is 5.67.